The highest BCUT2D eigenvalue weighted by Gasteiger charge is 2.45. The molecule has 0 aliphatic carbocycles. The summed E-state index contributed by atoms with van der Waals surface area (Å²) < 4.78 is 13.7. The molecule has 1 amide bonds. The lowest BCUT2D eigenvalue weighted by Gasteiger charge is -2.35. The lowest BCUT2D eigenvalue weighted by atomic mass is 10.0. The third kappa shape index (κ3) is 2.45. The zero-order valence-electron chi connectivity index (χ0n) is 14.3. The number of benzene rings is 1. The molecule has 5 rings (SSSR count). The molecule has 0 N–H and O–H groups in total. The van der Waals surface area contributed by atoms with E-state index in [1.54, 1.807) is 12.1 Å². The summed E-state index contributed by atoms with van der Waals surface area (Å²) in [6, 6.07) is 13.7. The number of rotatable bonds is 2. The van der Waals surface area contributed by atoms with Crippen LogP contribution in [-0.4, -0.2) is 39.0 Å². The molecule has 4 heterocycles. The van der Waals surface area contributed by atoms with Gasteiger partial charge < -0.3 is 18.6 Å². The third-order valence-electron chi connectivity index (χ3n) is 5.30. The second kappa shape index (κ2) is 5.85. The summed E-state index contributed by atoms with van der Waals surface area (Å²) in [4.78, 5) is 18.9. The van der Waals surface area contributed by atoms with E-state index in [9.17, 15) is 4.79 Å². The minimum absolute atomic E-state index is 0.0739. The fourth-order valence-electron chi connectivity index (χ4n) is 3.92. The van der Waals surface area contributed by atoms with E-state index in [1.807, 2.05) is 29.3 Å². The Morgan fingerprint density at radius 1 is 1.12 bits per heavy atom. The lowest BCUT2D eigenvalue weighted by Crippen LogP contribution is -2.45. The van der Waals surface area contributed by atoms with E-state index in [2.05, 4.69) is 21.7 Å². The van der Waals surface area contributed by atoms with Crippen molar-refractivity contribution in [2.24, 2.45) is 0 Å². The van der Waals surface area contributed by atoms with Gasteiger partial charge in [-0.2, -0.15) is 0 Å². The van der Waals surface area contributed by atoms with Crippen LogP contribution in [0.3, 0.4) is 0 Å². The molecule has 26 heavy (non-hydrogen) atoms. The standard InChI is InChI=1S/C20H19N3O3/c24-19(17-7-4-10-25-17)22-9-8-20(13-22)14-23-16(11-21-18(23)12-26-20)15-5-2-1-3-6-15/h1-7,10-11H,8-9,12-14H2/t20-/m0/s1. The van der Waals surface area contributed by atoms with Crippen molar-refractivity contribution in [2.45, 2.75) is 25.2 Å². The normalized spacial score (nSPS) is 21.9. The first-order valence-electron chi connectivity index (χ1n) is 8.81. The predicted octanol–water partition coefficient (Wildman–Crippen LogP) is 2.96. The first-order valence-corrected chi connectivity index (χ1v) is 8.81. The van der Waals surface area contributed by atoms with Gasteiger partial charge in [-0.05, 0) is 24.1 Å². The van der Waals surface area contributed by atoms with Crippen molar-refractivity contribution < 1.29 is 13.9 Å². The smallest absolute Gasteiger partial charge is 0.289 e. The average Bonchev–Trinajstić information content (AvgIpc) is 3.42. The third-order valence-corrected chi connectivity index (χ3v) is 5.30. The van der Waals surface area contributed by atoms with Gasteiger partial charge in [-0.1, -0.05) is 30.3 Å². The summed E-state index contributed by atoms with van der Waals surface area (Å²) in [7, 11) is 0. The zero-order chi connectivity index (χ0) is 17.6. The second-order valence-electron chi connectivity index (χ2n) is 6.94. The SMILES string of the molecule is O=C(c1ccco1)N1CC[C@]2(C1)Cn1c(-c3ccccc3)cnc1CO2. The highest BCUT2D eigenvalue weighted by molar-refractivity contribution is 5.91. The van der Waals surface area contributed by atoms with E-state index >= 15 is 0 Å². The van der Waals surface area contributed by atoms with Gasteiger partial charge in [0.15, 0.2) is 5.76 Å². The molecule has 132 valence electrons. The first-order chi connectivity index (χ1) is 12.7. The fraction of sp³-hybridized carbons (Fsp3) is 0.300. The topological polar surface area (TPSA) is 60.5 Å². The Bertz CT molecular complexity index is 933. The van der Waals surface area contributed by atoms with Gasteiger partial charge in [0.2, 0.25) is 0 Å². The van der Waals surface area contributed by atoms with Crippen molar-refractivity contribution in [1.29, 1.82) is 0 Å². The summed E-state index contributed by atoms with van der Waals surface area (Å²) in [5.41, 5.74) is 1.88. The molecule has 1 fully saturated rings. The van der Waals surface area contributed by atoms with E-state index < -0.39 is 0 Å². The highest BCUT2D eigenvalue weighted by atomic mass is 16.5. The number of likely N-dealkylation sites (tertiary alicyclic amines) is 1. The maximum atomic E-state index is 12.6. The number of carbonyl (C=O) groups excluding carboxylic acids is 1. The molecule has 0 unspecified atom stereocenters. The molecule has 1 spiro atoms. The lowest BCUT2D eigenvalue weighted by molar-refractivity contribution is -0.0805. The Labute approximate surface area is 151 Å². The van der Waals surface area contributed by atoms with E-state index in [0.29, 0.717) is 32.0 Å². The zero-order valence-corrected chi connectivity index (χ0v) is 14.3. The van der Waals surface area contributed by atoms with Crippen LogP contribution >= 0.6 is 0 Å². The fourth-order valence-corrected chi connectivity index (χ4v) is 3.92. The number of imidazole rings is 1. The number of hydrogen-bond acceptors (Lipinski definition) is 4. The molecule has 0 bridgehead atoms. The minimum Gasteiger partial charge on any atom is -0.459 e. The number of amides is 1. The monoisotopic (exact) mass is 349 g/mol. The van der Waals surface area contributed by atoms with Crippen LogP contribution in [0, 0.1) is 0 Å². The van der Waals surface area contributed by atoms with Gasteiger partial charge in [-0.25, -0.2) is 4.98 Å². The van der Waals surface area contributed by atoms with Crippen LogP contribution in [0.4, 0.5) is 0 Å². The predicted molar refractivity (Wildman–Crippen MR) is 94.4 cm³/mol. The van der Waals surface area contributed by atoms with Crippen molar-refractivity contribution in [3.05, 3.63) is 66.5 Å². The Kier molecular flexibility index (Phi) is 3.46. The van der Waals surface area contributed by atoms with Crippen LogP contribution in [-0.2, 0) is 17.9 Å². The van der Waals surface area contributed by atoms with Crippen molar-refractivity contribution >= 4 is 5.91 Å². The van der Waals surface area contributed by atoms with Crippen molar-refractivity contribution in [2.75, 3.05) is 13.1 Å². The summed E-state index contributed by atoms with van der Waals surface area (Å²) in [6.45, 7) is 2.41. The van der Waals surface area contributed by atoms with Gasteiger partial charge >= 0.3 is 0 Å². The van der Waals surface area contributed by atoms with Crippen molar-refractivity contribution in [1.82, 2.24) is 14.5 Å². The van der Waals surface area contributed by atoms with Gasteiger partial charge in [0.25, 0.3) is 5.91 Å². The minimum atomic E-state index is -0.362. The first kappa shape index (κ1) is 15.4. The summed E-state index contributed by atoms with van der Waals surface area (Å²) in [6.07, 6.45) is 4.25. The maximum absolute atomic E-state index is 12.6. The Hall–Kier alpha value is -2.86. The van der Waals surface area contributed by atoms with Crippen LogP contribution in [0.15, 0.2) is 59.3 Å². The second-order valence-corrected chi connectivity index (χ2v) is 6.94. The van der Waals surface area contributed by atoms with Crippen molar-refractivity contribution in [3.8, 4) is 11.3 Å². The molecular weight excluding hydrogens is 330 g/mol. The Morgan fingerprint density at radius 2 is 2.00 bits per heavy atom. The van der Waals surface area contributed by atoms with E-state index in [1.165, 1.54) is 6.26 Å². The molecule has 1 saturated heterocycles. The molecule has 6 nitrogen and oxygen atoms in total. The van der Waals surface area contributed by atoms with Crippen LogP contribution in [0.25, 0.3) is 11.3 Å². The number of nitrogens with zero attached hydrogens (tertiary/aromatic N) is 3. The molecule has 2 aromatic heterocycles. The molecule has 0 radical (unpaired) electrons. The molecule has 1 aromatic carbocycles. The van der Waals surface area contributed by atoms with Gasteiger partial charge in [-0.3, -0.25) is 4.79 Å². The van der Waals surface area contributed by atoms with Crippen LogP contribution in [0.5, 0.6) is 0 Å². The van der Waals surface area contributed by atoms with Crippen LogP contribution in [0.2, 0.25) is 0 Å². The summed E-state index contributed by atoms with van der Waals surface area (Å²) in [5, 5.41) is 0. The van der Waals surface area contributed by atoms with Gasteiger partial charge in [0, 0.05) is 6.54 Å². The molecular formula is C20H19N3O3. The number of ether oxygens (including phenoxy) is 1. The summed E-state index contributed by atoms with van der Waals surface area (Å²) >= 11 is 0. The average molecular weight is 349 g/mol. The number of fused-ring (bicyclic) bond motifs is 1. The number of furan rings is 1. The quantitative estimate of drug-likeness (QED) is 0.714. The number of carbonyl (C=O) groups is 1. The molecule has 6 heteroatoms. The van der Waals surface area contributed by atoms with E-state index in [-0.39, 0.29) is 11.5 Å². The molecule has 1 atom stereocenters. The molecule has 3 aromatic rings. The molecule has 2 aliphatic heterocycles. The van der Waals surface area contributed by atoms with E-state index in [0.717, 1.165) is 23.5 Å². The summed E-state index contributed by atoms with van der Waals surface area (Å²) in [5.74, 6) is 1.24. The largest absolute Gasteiger partial charge is 0.459 e. The van der Waals surface area contributed by atoms with Crippen LogP contribution in [0.1, 0.15) is 22.8 Å². The maximum Gasteiger partial charge on any atom is 0.289 e. The molecule has 2 aliphatic rings. The Morgan fingerprint density at radius 3 is 2.81 bits per heavy atom. The van der Waals surface area contributed by atoms with Gasteiger partial charge in [0.05, 0.1) is 31.2 Å². The van der Waals surface area contributed by atoms with Crippen LogP contribution < -0.4 is 0 Å². The number of aromatic nitrogens is 2. The van der Waals surface area contributed by atoms with Crippen molar-refractivity contribution in [3.63, 3.8) is 0 Å². The Balaban J connectivity index is 1.41. The molecule has 0 saturated carbocycles. The van der Waals surface area contributed by atoms with E-state index in [4.69, 9.17) is 9.15 Å². The van der Waals surface area contributed by atoms with Gasteiger partial charge in [0.1, 0.15) is 18.0 Å². The number of hydrogen-bond donors (Lipinski definition) is 0. The highest BCUT2D eigenvalue weighted by Crippen LogP contribution is 2.35. The van der Waals surface area contributed by atoms with Gasteiger partial charge in [-0.15, -0.1) is 0 Å².